The molecule has 5 nitrogen and oxygen atoms in total. The Morgan fingerprint density at radius 1 is 0.667 bits per heavy atom. The molecule has 3 fully saturated rings. The molecule has 0 aromatic heterocycles. The lowest BCUT2D eigenvalue weighted by Crippen LogP contribution is -2.62. The maximum Gasteiger partial charge on any atom is 0.243 e. The predicted molar refractivity (Wildman–Crippen MR) is 114 cm³/mol. The summed E-state index contributed by atoms with van der Waals surface area (Å²) in [7, 11) is 0. The van der Waals surface area contributed by atoms with Crippen molar-refractivity contribution < 1.29 is 14.3 Å². The van der Waals surface area contributed by atoms with E-state index in [1.54, 1.807) is 0 Å². The molecule has 2 aromatic rings. The number of epoxide rings is 1. The Bertz CT molecular complexity index is 837. The average Bonchev–Trinajstić information content (AvgIpc) is 3.66. The molecule has 2 N–H and O–H groups in total. The highest BCUT2D eigenvalue weighted by Gasteiger charge is 2.33. The van der Waals surface area contributed by atoms with Gasteiger partial charge in [-0.25, -0.2) is 0 Å². The minimum atomic E-state index is -0.521. The van der Waals surface area contributed by atoms with Gasteiger partial charge in [-0.15, -0.1) is 0 Å². The molecule has 2 saturated heterocycles. The lowest BCUT2D eigenvalue weighted by molar-refractivity contribution is -0.136. The highest BCUT2D eigenvalue weighted by molar-refractivity contribution is 5.97. The van der Waals surface area contributed by atoms with E-state index in [1.165, 1.54) is 24.0 Å². The van der Waals surface area contributed by atoms with E-state index < -0.39 is 12.1 Å². The number of hydrogen-bond donors (Lipinski definition) is 2. The summed E-state index contributed by atoms with van der Waals surface area (Å²) in [5.74, 6) is 0.643. The lowest BCUT2D eigenvalue weighted by atomic mass is 9.97. The molecule has 1 aliphatic carbocycles. The minimum absolute atomic E-state index is 0.107. The number of rotatable bonds is 8. The fourth-order valence-corrected chi connectivity index (χ4v) is 4.16. The van der Waals surface area contributed by atoms with Crippen molar-refractivity contribution >= 4 is 11.8 Å². The average molecular weight is 405 g/mol. The molecule has 2 heterocycles. The third-order valence-corrected chi connectivity index (χ3v) is 6.28. The van der Waals surface area contributed by atoms with Crippen molar-refractivity contribution in [3.63, 3.8) is 0 Å². The van der Waals surface area contributed by atoms with E-state index in [2.05, 4.69) is 47.0 Å². The van der Waals surface area contributed by atoms with E-state index in [0.29, 0.717) is 18.9 Å². The van der Waals surface area contributed by atoms with Gasteiger partial charge in [0.15, 0.2) is 0 Å². The van der Waals surface area contributed by atoms with Crippen LogP contribution in [0.3, 0.4) is 0 Å². The molecule has 3 aliphatic rings. The van der Waals surface area contributed by atoms with Crippen LogP contribution in [0.5, 0.6) is 0 Å². The smallest absolute Gasteiger partial charge is 0.243 e. The van der Waals surface area contributed by atoms with Gasteiger partial charge >= 0.3 is 0 Å². The predicted octanol–water partition coefficient (Wildman–Crippen LogP) is 2.35. The molecule has 156 valence electrons. The van der Waals surface area contributed by atoms with E-state index in [4.69, 9.17) is 4.74 Å². The van der Waals surface area contributed by atoms with Crippen molar-refractivity contribution in [3.05, 3.63) is 70.8 Å². The SMILES string of the molecule is O=C1NC(Cc2ccc(CC3CO3)cc2)C(=O)NC1Cc1ccc(CC2CC2)cc1. The second kappa shape index (κ2) is 8.23. The van der Waals surface area contributed by atoms with Gasteiger partial charge in [0, 0.05) is 19.3 Å². The Morgan fingerprint density at radius 3 is 1.47 bits per heavy atom. The summed E-state index contributed by atoms with van der Waals surface area (Å²) in [5, 5.41) is 5.84. The van der Waals surface area contributed by atoms with E-state index in [1.807, 2.05) is 12.1 Å². The molecule has 3 unspecified atom stereocenters. The van der Waals surface area contributed by atoms with Crippen molar-refractivity contribution in [2.45, 2.75) is 56.7 Å². The van der Waals surface area contributed by atoms with E-state index in [0.717, 1.165) is 36.5 Å². The summed E-state index contributed by atoms with van der Waals surface area (Å²) in [5.41, 5.74) is 4.71. The number of carbonyl (C=O) groups is 2. The summed E-state index contributed by atoms with van der Waals surface area (Å²) in [6.07, 6.45) is 6.16. The Labute approximate surface area is 177 Å². The third-order valence-electron chi connectivity index (χ3n) is 6.28. The molecule has 0 spiro atoms. The van der Waals surface area contributed by atoms with Gasteiger partial charge in [-0.2, -0.15) is 0 Å². The maximum absolute atomic E-state index is 12.6. The molecular formula is C25H28N2O3. The zero-order chi connectivity index (χ0) is 20.5. The van der Waals surface area contributed by atoms with E-state index in [9.17, 15) is 9.59 Å². The first kappa shape index (κ1) is 19.3. The Hall–Kier alpha value is -2.66. The summed E-state index contributed by atoms with van der Waals surface area (Å²) in [6, 6.07) is 15.7. The van der Waals surface area contributed by atoms with E-state index >= 15 is 0 Å². The second-order valence-corrected chi connectivity index (χ2v) is 8.97. The van der Waals surface area contributed by atoms with Crippen LogP contribution in [0.15, 0.2) is 48.5 Å². The number of ether oxygens (including phenoxy) is 1. The number of nitrogens with one attached hydrogen (secondary N) is 2. The number of amides is 2. The first-order valence-electron chi connectivity index (χ1n) is 11.0. The summed E-state index contributed by atoms with van der Waals surface area (Å²) < 4.78 is 5.27. The van der Waals surface area contributed by atoms with Gasteiger partial charge in [0.25, 0.3) is 0 Å². The van der Waals surface area contributed by atoms with Crippen LogP contribution in [0.25, 0.3) is 0 Å². The van der Waals surface area contributed by atoms with Crippen molar-refractivity contribution in [2.24, 2.45) is 5.92 Å². The van der Waals surface area contributed by atoms with Crippen LogP contribution in [0, 0.1) is 5.92 Å². The number of hydrogen-bond acceptors (Lipinski definition) is 3. The minimum Gasteiger partial charge on any atom is -0.373 e. The lowest BCUT2D eigenvalue weighted by Gasteiger charge is -2.30. The van der Waals surface area contributed by atoms with Crippen LogP contribution in [0.4, 0.5) is 0 Å². The summed E-state index contributed by atoms with van der Waals surface area (Å²) in [6.45, 7) is 0.849. The molecule has 3 atom stereocenters. The van der Waals surface area contributed by atoms with Crippen LogP contribution < -0.4 is 10.6 Å². The third kappa shape index (κ3) is 4.90. The molecule has 30 heavy (non-hydrogen) atoms. The Kier molecular flexibility index (Phi) is 5.30. The van der Waals surface area contributed by atoms with E-state index in [-0.39, 0.29) is 11.8 Å². The van der Waals surface area contributed by atoms with Crippen LogP contribution >= 0.6 is 0 Å². The largest absolute Gasteiger partial charge is 0.373 e. The first-order valence-corrected chi connectivity index (χ1v) is 11.0. The molecule has 1 saturated carbocycles. The second-order valence-electron chi connectivity index (χ2n) is 8.97. The molecule has 5 heteroatoms. The van der Waals surface area contributed by atoms with Gasteiger partial charge in [0.05, 0.1) is 12.7 Å². The van der Waals surface area contributed by atoms with Gasteiger partial charge in [-0.05, 0) is 47.4 Å². The summed E-state index contributed by atoms with van der Waals surface area (Å²) >= 11 is 0. The molecule has 2 aromatic carbocycles. The maximum atomic E-state index is 12.6. The topological polar surface area (TPSA) is 70.7 Å². The van der Waals surface area contributed by atoms with Crippen molar-refractivity contribution in [2.75, 3.05) is 6.61 Å². The van der Waals surface area contributed by atoms with Gasteiger partial charge in [0.1, 0.15) is 12.1 Å². The zero-order valence-electron chi connectivity index (χ0n) is 17.1. The highest BCUT2D eigenvalue weighted by atomic mass is 16.6. The zero-order valence-corrected chi connectivity index (χ0v) is 17.1. The van der Waals surface area contributed by atoms with Gasteiger partial charge < -0.3 is 15.4 Å². The van der Waals surface area contributed by atoms with Crippen LogP contribution in [-0.2, 0) is 40.0 Å². The van der Waals surface area contributed by atoms with Gasteiger partial charge in [-0.3, -0.25) is 9.59 Å². The molecule has 0 radical (unpaired) electrons. The quantitative estimate of drug-likeness (QED) is 0.664. The Morgan fingerprint density at radius 2 is 1.07 bits per heavy atom. The summed E-state index contributed by atoms with van der Waals surface area (Å²) in [4.78, 5) is 25.2. The van der Waals surface area contributed by atoms with Crippen LogP contribution in [0.2, 0.25) is 0 Å². The number of piperazine rings is 1. The first-order chi connectivity index (χ1) is 14.6. The Balaban J connectivity index is 1.15. The monoisotopic (exact) mass is 404 g/mol. The molecule has 2 amide bonds. The van der Waals surface area contributed by atoms with Gasteiger partial charge in [-0.1, -0.05) is 48.5 Å². The standard InChI is InChI=1S/C25H28N2O3/c28-24-22(13-19-7-3-17(4-8-19)11-16-1-2-16)26-25(29)23(27-24)14-20-9-5-18(6-10-20)12-21-15-30-21/h3-10,16,21-23H,1-2,11-15H2,(H,26,29)(H,27,28). The number of benzene rings is 2. The normalized spacial score (nSPS) is 25.5. The van der Waals surface area contributed by atoms with Crippen molar-refractivity contribution in [1.29, 1.82) is 0 Å². The molecule has 2 aliphatic heterocycles. The van der Waals surface area contributed by atoms with Gasteiger partial charge in [0.2, 0.25) is 11.8 Å². The van der Waals surface area contributed by atoms with Crippen molar-refractivity contribution in [1.82, 2.24) is 10.6 Å². The van der Waals surface area contributed by atoms with Crippen LogP contribution in [-0.4, -0.2) is 36.6 Å². The fraction of sp³-hybridized carbons (Fsp3) is 0.440. The molecule has 0 bridgehead atoms. The number of carbonyl (C=O) groups excluding carboxylic acids is 2. The fourth-order valence-electron chi connectivity index (χ4n) is 4.16. The van der Waals surface area contributed by atoms with Crippen molar-refractivity contribution in [3.8, 4) is 0 Å². The molecule has 5 rings (SSSR count). The highest BCUT2D eigenvalue weighted by Crippen LogP contribution is 2.32. The molecular weight excluding hydrogens is 376 g/mol. The van der Waals surface area contributed by atoms with Crippen LogP contribution in [0.1, 0.15) is 35.1 Å².